The van der Waals surface area contributed by atoms with Crippen molar-refractivity contribution in [3.63, 3.8) is 0 Å². The Morgan fingerprint density at radius 1 is 1.09 bits per heavy atom. The SMILES string of the molecule is O=C(NCc1ccc(-n2ccnc2)cc1)C1CCN(S(=O)(=O)Cc2ccccc2F)CC1. The predicted molar refractivity (Wildman–Crippen MR) is 119 cm³/mol. The van der Waals surface area contributed by atoms with Crippen molar-refractivity contribution in [2.45, 2.75) is 25.1 Å². The summed E-state index contributed by atoms with van der Waals surface area (Å²) in [6.45, 7) is 0.928. The first kappa shape index (κ1) is 22.2. The summed E-state index contributed by atoms with van der Waals surface area (Å²) >= 11 is 0. The van der Waals surface area contributed by atoms with Gasteiger partial charge in [0.15, 0.2) is 0 Å². The number of nitrogens with one attached hydrogen (secondary N) is 1. The van der Waals surface area contributed by atoms with E-state index in [2.05, 4.69) is 10.3 Å². The zero-order valence-corrected chi connectivity index (χ0v) is 18.3. The summed E-state index contributed by atoms with van der Waals surface area (Å²) in [6.07, 6.45) is 6.19. The number of aromatic nitrogens is 2. The van der Waals surface area contributed by atoms with Crippen LogP contribution in [0.2, 0.25) is 0 Å². The maximum absolute atomic E-state index is 13.8. The van der Waals surface area contributed by atoms with Crippen LogP contribution in [0.25, 0.3) is 5.69 Å². The molecule has 0 bridgehead atoms. The van der Waals surface area contributed by atoms with Crippen LogP contribution in [0.15, 0.2) is 67.3 Å². The zero-order valence-electron chi connectivity index (χ0n) is 17.5. The Labute approximate surface area is 186 Å². The van der Waals surface area contributed by atoms with Crippen molar-refractivity contribution in [2.75, 3.05) is 13.1 Å². The lowest BCUT2D eigenvalue weighted by atomic mass is 9.97. The Balaban J connectivity index is 1.26. The summed E-state index contributed by atoms with van der Waals surface area (Å²) in [7, 11) is -3.63. The summed E-state index contributed by atoms with van der Waals surface area (Å²) in [6, 6.07) is 13.7. The third-order valence-corrected chi connectivity index (χ3v) is 7.55. The maximum atomic E-state index is 13.8. The number of sulfonamides is 1. The molecule has 1 amide bonds. The molecular formula is C23H25FN4O3S. The topological polar surface area (TPSA) is 84.3 Å². The monoisotopic (exact) mass is 456 g/mol. The van der Waals surface area contributed by atoms with Crippen molar-refractivity contribution in [3.05, 3.63) is 84.2 Å². The van der Waals surface area contributed by atoms with Gasteiger partial charge in [-0.15, -0.1) is 0 Å². The molecular weight excluding hydrogens is 431 g/mol. The quantitative estimate of drug-likeness (QED) is 0.593. The minimum atomic E-state index is -3.63. The van der Waals surface area contributed by atoms with E-state index in [0.29, 0.717) is 19.4 Å². The molecule has 2 aromatic carbocycles. The minimum Gasteiger partial charge on any atom is -0.352 e. The molecule has 2 heterocycles. The van der Waals surface area contributed by atoms with Crippen LogP contribution in [0.5, 0.6) is 0 Å². The van der Waals surface area contributed by atoms with Gasteiger partial charge in [-0.05, 0) is 36.6 Å². The van der Waals surface area contributed by atoms with Crippen molar-refractivity contribution in [2.24, 2.45) is 5.92 Å². The van der Waals surface area contributed by atoms with Crippen molar-refractivity contribution < 1.29 is 17.6 Å². The Morgan fingerprint density at radius 2 is 1.81 bits per heavy atom. The predicted octanol–water partition coefficient (Wildman–Crippen LogP) is 2.87. The number of carbonyl (C=O) groups is 1. The molecule has 3 aromatic rings. The second-order valence-corrected chi connectivity index (χ2v) is 9.84. The average molecular weight is 457 g/mol. The van der Waals surface area contributed by atoms with Crippen LogP contribution in [0, 0.1) is 11.7 Å². The Kier molecular flexibility index (Phi) is 6.66. The fourth-order valence-electron chi connectivity index (χ4n) is 3.83. The summed E-state index contributed by atoms with van der Waals surface area (Å²) in [5.74, 6) is -1.20. The highest BCUT2D eigenvalue weighted by Crippen LogP contribution is 2.23. The van der Waals surface area contributed by atoms with Gasteiger partial charge >= 0.3 is 0 Å². The van der Waals surface area contributed by atoms with Crippen LogP contribution in [0.4, 0.5) is 4.39 Å². The average Bonchev–Trinajstić information content (AvgIpc) is 3.34. The zero-order chi connectivity index (χ0) is 22.6. The van der Waals surface area contributed by atoms with Gasteiger partial charge in [0.1, 0.15) is 5.82 Å². The van der Waals surface area contributed by atoms with Gasteiger partial charge in [-0.1, -0.05) is 30.3 Å². The number of halogens is 1. The summed E-state index contributed by atoms with van der Waals surface area (Å²) in [4.78, 5) is 16.6. The Morgan fingerprint density at radius 3 is 2.47 bits per heavy atom. The van der Waals surface area contributed by atoms with Crippen LogP contribution in [-0.2, 0) is 27.1 Å². The molecule has 4 rings (SSSR count). The smallest absolute Gasteiger partial charge is 0.223 e. The summed E-state index contributed by atoms with van der Waals surface area (Å²) in [5, 5.41) is 2.95. The lowest BCUT2D eigenvalue weighted by molar-refractivity contribution is -0.126. The number of carbonyl (C=O) groups excluding carboxylic acids is 1. The molecule has 7 nitrogen and oxygen atoms in total. The number of piperidine rings is 1. The van der Waals surface area contributed by atoms with Crippen LogP contribution in [0.3, 0.4) is 0 Å². The van der Waals surface area contributed by atoms with Crippen molar-refractivity contribution in [1.82, 2.24) is 19.2 Å². The second-order valence-electron chi connectivity index (χ2n) is 7.88. The molecule has 0 unspecified atom stereocenters. The van der Waals surface area contributed by atoms with Gasteiger partial charge in [-0.25, -0.2) is 22.1 Å². The first-order valence-electron chi connectivity index (χ1n) is 10.5. The van der Waals surface area contributed by atoms with Crippen molar-refractivity contribution in [1.29, 1.82) is 0 Å². The van der Waals surface area contributed by atoms with E-state index in [-0.39, 0.29) is 36.2 Å². The third kappa shape index (κ3) is 5.23. The molecule has 32 heavy (non-hydrogen) atoms. The van der Waals surface area contributed by atoms with E-state index in [4.69, 9.17) is 0 Å². The molecule has 168 valence electrons. The van der Waals surface area contributed by atoms with Gasteiger partial charge in [0.2, 0.25) is 15.9 Å². The normalized spacial score (nSPS) is 15.5. The molecule has 1 N–H and O–H groups in total. The van der Waals surface area contributed by atoms with Crippen LogP contribution >= 0.6 is 0 Å². The highest BCUT2D eigenvalue weighted by Gasteiger charge is 2.31. The molecule has 9 heteroatoms. The van der Waals surface area contributed by atoms with Crippen LogP contribution in [0.1, 0.15) is 24.0 Å². The number of nitrogens with zero attached hydrogens (tertiary/aromatic N) is 3. The minimum absolute atomic E-state index is 0.0742. The molecule has 0 spiro atoms. The van der Waals surface area contributed by atoms with Gasteiger partial charge in [0.05, 0.1) is 12.1 Å². The summed E-state index contributed by atoms with van der Waals surface area (Å²) in [5.41, 5.74) is 2.13. The molecule has 1 saturated heterocycles. The highest BCUT2D eigenvalue weighted by atomic mass is 32.2. The van der Waals surface area contributed by atoms with Gasteiger partial charge in [-0.3, -0.25) is 4.79 Å². The first-order valence-corrected chi connectivity index (χ1v) is 12.1. The van der Waals surface area contributed by atoms with E-state index in [9.17, 15) is 17.6 Å². The lowest BCUT2D eigenvalue weighted by Crippen LogP contribution is -2.43. The highest BCUT2D eigenvalue weighted by molar-refractivity contribution is 7.88. The molecule has 1 aromatic heterocycles. The Bertz CT molecular complexity index is 1160. The van der Waals surface area contributed by atoms with E-state index in [1.54, 1.807) is 18.6 Å². The van der Waals surface area contributed by atoms with E-state index >= 15 is 0 Å². The van der Waals surface area contributed by atoms with E-state index in [1.165, 1.54) is 22.5 Å². The third-order valence-electron chi connectivity index (χ3n) is 5.72. The molecule has 0 atom stereocenters. The molecule has 0 aliphatic carbocycles. The Hall–Kier alpha value is -3.04. The fraction of sp³-hybridized carbons (Fsp3) is 0.304. The molecule has 1 fully saturated rings. The lowest BCUT2D eigenvalue weighted by Gasteiger charge is -2.30. The number of rotatable bonds is 7. The number of imidazole rings is 1. The van der Waals surface area contributed by atoms with Crippen molar-refractivity contribution in [3.8, 4) is 5.69 Å². The van der Waals surface area contributed by atoms with Gasteiger partial charge in [0, 0.05) is 49.2 Å². The molecule has 0 saturated carbocycles. The van der Waals surface area contributed by atoms with E-state index in [0.717, 1.165) is 11.3 Å². The summed E-state index contributed by atoms with van der Waals surface area (Å²) < 4.78 is 42.4. The number of benzene rings is 2. The van der Waals surface area contributed by atoms with Crippen LogP contribution in [-0.4, -0.2) is 41.3 Å². The number of amides is 1. The maximum Gasteiger partial charge on any atom is 0.223 e. The van der Waals surface area contributed by atoms with E-state index in [1.807, 2.05) is 35.0 Å². The van der Waals surface area contributed by atoms with Crippen LogP contribution < -0.4 is 5.32 Å². The molecule has 1 aliphatic heterocycles. The fourth-order valence-corrected chi connectivity index (χ4v) is 5.41. The number of hydrogen-bond donors (Lipinski definition) is 1. The van der Waals surface area contributed by atoms with Gasteiger partial charge < -0.3 is 9.88 Å². The largest absolute Gasteiger partial charge is 0.352 e. The van der Waals surface area contributed by atoms with Gasteiger partial charge in [-0.2, -0.15) is 0 Å². The molecule has 0 radical (unpaired) electrons. The van der Waals surface area contributed by atoms with Gasteiger partial charge in [0.25, 0.3) is 0 Å². The molecule has 1 aliphatic rings. The number of hydrogen-bond acceptors (Lipinski definition) is 4. The van der Waals surface area contributed by atoms with Crippen molar-refractivity contribution >= 4 is 15.9 Å². The standard InChI is InChI=1S/C23H25FN4O3S/c24-22-4-2-1-3-20(22)16-32(30,31)28-12-9-19(10-13-28)23(29)26-15-18-5-7-21(8-6-18)27-14-11-25-17-27/h1-8,11,14,17,19H,9-10,12-13,15-16H2,(H,26,29). The van der Waals surface area contributed by atoms with E-state index < -0.39 is 15.8 Å². The first-order chi connectivity index (χ1) is 15.4. The second kappa shape index (κ2) is 9.62.